The van der Waals surface area contributed by atoms with Gasteiger partial charge in [0, 0.05) is 25.2 Å². The minimum Gasteiger partial charge on any atom is -0.497 e. The number of carboxylic acid groups (broad SMARTS) is 1. The van der Waals surface area contributed by atoms with Crippen LogP contribution in [0.4, 0.5) is 4.79 Å². The molecule has 0 saturated carbocycles. The van der Waals surface area contributed by atoms with Gasteiger partial charge < -0.3 is 14.7 Å². The maximum atomic E-state index is 13.0. The Morgan fingerprint density at radius 2 is 1.96 bits per heavy atom. The summed E-state index contributed by atoms with van der Waals surface area (Å²) in [6.07, 6.45) is 0.739. The van der Waals surface area contributed by atoms with Crippen molar-refractivity contribution in [1.82, 2.24) is 9.80 Å². The second-order valence-corrected chi connectivity index (χ2v) is 6.25. The highest BCUT2D eigenvalue weighted by molar-refractivity contribution is 6.06. The first-order chi connectivity index (χ1) is 11.8. The van der Waals surface area contributed by atoms with Crippen LogP contribution in [0.3, 0.4) is 0 Å². The lowest BCUT2D eigenvalue weighted by Crippen LogP contribution is -2.46. The molecule has 1 aromatic rings. The van der Waals surface area contributed by atoms with Gasteiger partial charge in [0.1, 0.15) is 5.75 Å². The van der Waals surface area contributed by atoms with E-state index in [1.54, 1.807) is 37.3 Å². The molecule has 7 heteroatoms. The molecular formula is C18H22N2O5. The average Bonchev–Trinajstić information content (AvgIpc) is 2.72. The molecule has 1 N–H and O–H groups in total. The SMILES string of the molecule is C=CCC1(C)CN(C(=O)O)CCN(C(=O)c2ccc(OC)cc2)C1=O. The van der Waals surface area contributed by atoms with Gasteiger partial charge in [-0.3, -0.25) is 14.5 Å². The maximum Gasteiger partial charge on any atom is 0.407 e. The molecule has 0 aliphatic carbocycles. The summed E-state index contributed by atoms with van der Waals surface area (Å²) in [6, 6.07) is 6.45. The summed E-state index contributed by atoms with van der Waals surface area (Å²) < 4.78 is 5.07. The Hall–Kier alpha value is -2.83. The zero-order chi connectivity index (χ0) is 18.6. The third-order valence-corrected chi connectivity index (χ3v) is 4.34. The number of hydrogen-bond acceptors (Lipinski definition) is 4. The van der Waals surface area contributed by atoms with Crippen molar-refractivity contribution in [2.45, 2.75) is 13.3 Å². The van der Waals surface area contributed by atoms with E-state index in [4.69, 9.17) is 4.74 Å². The van der Waals surface area contributed by atoms with Gasteiger partial charge in [-0.2, -0.15) is 0 Å². The monoisotopic (exact) mass is 346 g/mol. The van der Waals surface area contributed by atoms with E-state index in [9.17, 15) is 19.5 Å². The number of allylic oxidation sites excluding steroid dienone is 1. The number of amides is 3. The van der Waals surface area contributed by atoms with Crippen LogP contribution in [0.1, 0.15) is 23.7 Å². The quantitative estimate of drug-likeness (QED) is 0.667. The van der Waals surface area contributed by atoms with Gasteiger partial charge in [-0.15, -0.1) is 6.58 Å². The molecule has 1 aliphatic heterocycles. The van der Waals surface area contributed by atoms with E-state index in [2.05, 4.69) is 6.58 Å². The number of rotatable bonds is 4. The average molecular weight is 346 g/mol. The first-order valence-electron chi connectivity index (χ1n) is 7.91. The Morgan fingerprint density at radius 3 is 2.48 bits per heavy atom. The Balaban J connectivity index is 2.34. The molecular weight excluding hydrogens is 324 g/mol. The summed E-state index contributed by atoms with van der Waals surface area (Å²) in [5.41, 5.74) is -0.683. The van der Waals surface area contributed by atoms with Crippen LogP contribution < -0.4 is 4.74 Å². The van der Waals surface area contributed by atoms with Crippen LogP contribution in [-0.2, 0) is 4.79 Å². The Morgan fingerprint density at radius 1 is 1.32 bits per heavy atom. The van der Waals surface area contributed by atoms with Gasteiger partial charge in [0.25, 0.3) is 5.91 Å². The summed E-state index contributed by atoms with van der Waals surface area (Å²) in [4.78, 5) is 39.5. The van der Waals surface area contributed by atoms with Gasteiger partial charge in [0.05, 0.1) is 12.5 Å². The molecule has 0 aromatic heterocycles. The lowest BCUT2D eigenvalue weighted by atomic mass is 9.84. The van der Waals surface area contributed by atoms with Crippen LogP contribution in [-0.4, -0.2) is 59.6 Å². The van der Waals surface area contributed by atoms with Crippen LogP contribution in [0.25, 0.3) is 0 Å². The van der Waals surface area contributed by atoms with Crippen molar-refractivity contribution < 1.29 is 24.2 Å². The summed E-state index contributed by atoms with van der Waals surface area (Å²) in [6.45, 7) is 5.43. The van der Waals surface area contributed by atoms with E-state index in [1.165, 1.54) is 12.0 Å². The fourth-order valence-electron chi connectivity index (χ4n) is 2.93. The highest BCUT2D eigenvalue weighted by Crippen LogP contribution is 2.30. The molecule has 2 rings (SSSR count). The predicted octanol–water partition coefficient (Wildman–Crippen LogP) is 2.24. The molecule has 0 spiro atoms. The van der Waals surface area contributed by atoms with Gasteiger partial charge in [-0.25, -0.2) is 4.79 Å². The molecule has 1 aliphatic rings. The van der Waals surface area contributed by atoms with Crippen LogP contribution in [0.2, 0.25) is 0 Å². The van der Waals surface area contributed by atoms with Crippen molar-refractivity contribution in [3.8, 4) is 5.75 Å². The normalized spacial score (nSPS) is 20.8. The molecule has 1 saturated heterocycles. The number of carbonyl (C=O) groups is 3. The molecule has 1 unspecified atom stereocenters. The van der Waals surface area contributed by atoms with Gasteiger partial charge >= 0.3 is 6.09 Å². The summed E-state index contributed by atoms with van der Waals surface area (Å²) in [5.74, 6) is -0.237. The maximum absolute atomic E-state index is 13.0. The Labute approximate surface area is 146 Å². The van der Waals surface area contributed by atoms with Crippen molar-refractivity contribution in [3.63, 3.8) is 0 Å². The van der Waals surface area contributed by atoms with Gasteiger partial charge in [0.15, 0.2) is 0 Å². The predicted molar refractivity (Wildman–Crippen MR) is 91.6 cm³/mol. The molecule has 0 bridgehead atoms. The smallest absolute Gasteiger partial charge is 0.407 e. The summed E-state index contributed by atoms with van der Waals surface area (Å²) >= 11 is 0. The second kappa shape index (κ2) is 7.38. The van der Waals surface area contributed by atoms with Crippen molar-refractivity contribution in [1.29, 1.82) is 0 Å². The zero-order valence-electron chi connectivity index (χ0n) is 14.4. The molecule has 1 aromatic carbocycles. The second-order valence-electron chi connectivity index (χ2n) is 6.25. The number of methoxy groups -OCH3 is 1. The van der Waals surface area contributed by atoms with Crippen molar-refractivity contribution >= 4 is 17.9 Å². The van der Waals surface area contributed by atoms with Gasteiger partial charge in [0.2, 0.25) is 5.91 Å². The number of nitrogens with zero attached hydrogens (tertiary/aromatic N) is 2. The summed E-state index contributed by atoms with van der Waals surface area (Å²) in [5, 5.41) is 9.32. The highest BCUT2D eigenvalue weighted by Gasteiger charge is 2.43. The standard InChI is InChI=1S/C18H22N2O5/c1-4-9-18(2)12-19(17(23)24)10-11-20(16(18)22)15(21)13-5-7-14(25-3)8-6-13/h4-8H,1,9-12H2,2-3H3,(H,23,24). The summed E-state index contributed by atoms with van der Waals surface area (Å²) in [7, 11) is 1.52. The van der Waals surface area contributed by atoms with Crippen LogP contribution in [0.5, 0.6) is 5.75 Å². The van der Waals surface area contributed by atoms with Crippen LogP contribution in [0.15, 0.2) is 36.9 Å². The number of imide groups is 1. The Bertz CT molecular complexity index is 685. The largest absolute Gasteiger partial charge is 0.497 e. The molecule has 3 amide bonds. The third-order valence-electron chi connectivity index (χ3n) is 4.34. The van der Waals surface area contributed by atoms with Crippen LogP contribution >= 0.6 is 0 Å². The highest BCUT2D eigenvalue weighted by atomic mass is 16.5. The molecule has 1 atom stereocenters. The Kier molecular flexibility index (Phi) is 5.46. The lowest BCUT2D eigenvalue weighted by Gasteiger charge is -2.30. The fourth-order valence-corrected chi connectivity index (χ4v) is 2.93. The first kappa shape index (κ1) is 18.5. The van der Waals surface area contributed by atoms with E-state index in [1.807, 2.05) is 0 Å². The topological polar surface area (TPSA) is 87.2 Å². The minimum absolute atomic E-state index is 0.0166. The van der Waals surface area contributed by atoms with Crippen molar-refractivity contribution in [2.24, 2.45) is 5.41 Å². The molecule has 7 nitrogen and oxygen atoms in total. The number of ether oxygens (including phenoxy) is 1. The minimum atomic E-state index is -1.11. The molecule has 0 radical (unpaired) electrons. The lowest BCUT2D eigenvalue weighted by molar-refractivity contribution is -0.137. The van der Waals surface area contributed by atoms with Crippen LogP contribution in [0, 0.1) is 5.41 Å². The molecule has 1 heterocycles. The van der Waals surface area contributed by atoms with E-state index in [-0.39, 0.29) is 26.1 Å². The molecule has 25 heavy (non-hydrogen) atoms. The van der Waals surface area contributed by atoms with Crippen molar-refractivity contribution in [3.05, 3.63) is 42.5 Å². The van der Waals surface area contributed by atoms with Gasteiger partial charge in [-0.1, -0.05) is 6.08 Å². The molecule has 134 valence electrons. The fraction of sp³-hybridized carbons (Fsp3) is 0.389. The number of carbonyl (C=O) groups excluding carboxylic acids is 2. The first-order valence-corrected chi connectivity index (χ1v) is 7.91. The zero-order valence-corrected chi connectivity index (χ0v) is 14.4. The van der Waals surface area contributed by atoms with Crippen molar-refractivity contribution in [2.75, 3.05) is 26.7 Å². The van der Waals surface area contributed by atoms with Gasteiger partial charge in [-0.05, 0) is 37.6 Å². The molecule has 1 fully saturated rings. The third kappa shape index (κ3) is 3.81. The van der Waals surface area contributed by atoms with E-state index in [0.717, 1.165) is 4.90 Å². The van der Waals surface area contributed by atoms with E-state index >= 15 is 0 Å². The number of hydrogen-bond donors (Lipinski definition) is 1. The van der Waals surface area contributed by atoms with E-state index in [0.29, 0.717) is 11.3 Å². The number of benzene rings is 1. The van der Waals surface area contributed by atoms with E-state index < -0.39 is 23.3 Å².